The average Bonchev–Trinajstić information content (AvgIpc) is 2.52. The summed E-state index contributed by atoms with van der Waals surface area (Å²) >= 11 is 5.00. The summed E-state index contributed by atoms with van der Waals surface area (Å²) in [4.78, 5) is 0. The average molecular weight is 331 g/mol. The highest BCUT2D eigenvalue weighted by molar-refractivity contribution is 7.80. The Morgan fingerprint density at radius 1 is 1.13 bits per heavy atom. The molecule has 0 aliphatic rings. The van der Waals surface area contributed by atoms with Crippen molar-refractivity contribution in [2.45, 2.75) is 27.4 Å². The fourth-order valence-corrected chi connectivity index (χ4v) is 2.53. The van der Waals surface area contributed by atoms with Crippen molar-refractivity contribution in [1.29, 1.82) is 0 Å². The van der Waals surface area contributed by atoms with Crippen LogP contribution in [-0.4, -0.2) is 17.5 Å². The lowest BCUT2D eigenvalue weighted by Gasteiger charge is -2.22. The van der Waals surface area contributed by atoms with Crippen LogP contribution in [0.15, 0.2) is 36.4 Å². The smallest absolute Gasteiger partial charge is 0.288 e. The van der Waals surface area contributed by atoms with E-state index in [9.17, 15) is 5.21 Å². The summed E-state index contributed by atoms with van der Waals surface area (Å²) in [6.07, 6.45) is 0. The zero-order valence-electron chi connectivity index (χ0n) is 13.8. The molecule has 0 radical (unpaired) electrons. The maximum Gasteiger partial charge on any atom is 0.288 e. The molecule has 0 unspecified atom stereocenters. The highest BCUT2D eigenvalue weighted by atomic mass is 32.1. The van der Waals surface area contributed by atoms with Gasteiger partial charge in [-0.1, -0.05) is 35.9 Å². The minimum absolute atomic E-state index is 0.00735. The zero-order valence-corrected chi connectivity index (χ0v) is 14.6. The zero-order chi connectivity index (χ0) is 17.0. The first-order chi connectivity index (χ1) is 10.9. The number of nitrogens with zero attached hydrogens (tertiary/aromatic N) is 1. The van der Waals surface area contributed by atoms with Gasteiger partial charge in [0.25, 0.3) is 5.17 Å². The van der Waals surface area contributed by atoms with Crippen LogP contribution in [0, 0.1) is 20.8 Å². The lowest BCUT2D eigenvalue weighted by Crippen LogP contribution is -2.28. The minimum Gasteiger partial charge on any atom is -0.489 e. The van der Waals surface area contributed by atoms with E-state index in [0.717, 1.165) is 27.5 Å². The van der Waals surface area contributed by atoms with Crippen LogP contribution in [0.3, 0.4) is 0 Å². The fraction of sp³-hybridized carbons (Fsp3) is 0.278. The molecular weight excluding hydrogens is 310 g/mol. The molecule has 2 aromatic carbocycles. The summed E-state index contributed by atoms with van der Waals surface area (Å²) in [5, 5.41) is 11.1. The second kappa shape index (κ2) is 7.44. The highest BCUT2D eigenvalue weighted by Gasteiger charge is 2.17. The second-order valence-corrected chi connectivity index (χ2v) is 5.77. The van der Waals surface area contributed by atoms with Gasteiger partial charge in [0, 0.05) is 5.56 Å². The third-order valence-electron chi connectivity index (χ3n) is 3.59. The van der Waals surface area contributed by atoms with E-state index < -0.39 is 0 Å². The summed E-state index contributed by atoms with van der Waals surface area (Å²) < 4.78 is 10.9. The topological polar surface area (TPSA) is 41.9 Å². The van der Waals surface area contributed by atoms with Crippen molar-refractivity contribution in [2.24, 2.45) is 0 Å². The van der Waals surface area contributed by atoms with E-state index in [0.29, 0.717) is 12.3 Å². The van der Waals surface area contributed by atoms with E-state index in [1.54, 1.807) is 0 Å². The van der Waals surface area contributed by atoms with Crippen molar-refractivity contribution in [3.63, 3.8) is 0 Å². The molecule has 4 nitrogen and oxygen atoms in total. The molecule has 0 heterocycles. The van der Waals surface area contributed by atoms with Crippen LogP contribution >= 0.6 is 12.2 Å². The molecule has 0 fully saturated rings. The van der Waals surface area contributed by atoms with Gasteiger partial charge in [-0.2, -0.15) is 5.06 Å². The van der Waals surface area contributed by atoms with E-state index in [2.05, 4.69) is 6.07 Å². The van der Waals surface area contributed by atoms with E-state index in [4.69, 9.17) is 21.7 Å². The Hall–Kier alpha value is -2.11. The van der Waals surface area contributed by atoms with Crippen LogP contribution in [0.25, 0.3) is 0 Å². The normalized spacial score (nSPS) is 10.3. The standard InChI is InChI=1S/C18H21NO3S/c1-12-8-9-16(14(3)10-12)22-11-15-7-5-6-13(2)17(15)19(20)18(23)21-4/h5-10,20H,11H2,1-4H3. The number of aryl methyl sites for hydroxylation is 3. The Labute approximate surface area is 142 Å². The van der Waals surface area contributed by atoms with E-state index in [1.165, 1.54) is 12.7 Å². The van der Waals surface area contributed by atoms with Crippen molar-refractivity contribution in [2.75, 3.05) is 12.2 Å². The molecular formula is C18H21NO3S. The molecule has 0 spiro atoms. The maximum atomic E-state index is 10.3. The van der Waals surface area contributed by atoms with Crippen LogP contribution in [0.4, 0.5) is 5.69 Å². The Morgan fingerprint density at radius 3 is 2.52 bits per heavy atom. The summed E-state index contributed by atoms with van der Waals surface area (Å²) in [6, 6.07) is 11.8. The molecule has 0 aliphatic heterocycles. The first-order valence-corrected chi connectivity index (χ1v) is 7.70. The Balaban J connectivity index is 2.26. The Bertz CT molecular complexity index is 715. The molecule has 0 saturated heterocycles. The summed E-state index contributed by atoms with van der Waals surface area (Å²) in [6.45, 7) is 6.28. The van der Waals surface area contributed by atoms with Crippen molar-refractivity contribution in [3.8, 4) is 5.75 Å². The summed E-state index contributed by atoms with van der Waals surface area (Å²) in [5.41, 5.74) is 4.56. The van der Waals surface area contributed by atoms with Gasteiger partial charge in [0.1, 0.15) is 12.4 Å². The molecule has 0 bridgehead atoms. The molecule has 0 aliphatic carbocycles. The van der Waals surface area contributed by atoms with Gasteiger partial charge in [0.05, 0.1) is 12.8 Å². The number of hydrogen-bond acceptors (Lipinski definition) is 4. The molecule has 2 rings (SSSR count). The van der Waals surface area contributed by atoms with Crippen LogP contribution in [0.5, 0.6) is 5.75 Å². The quantitative estimate of drug-likeness (QED) is 0.667. The third-order valence-corrected chi connectivity index (χ3v) is 3.93. The monoisotopic (exact) mass is 331 g/mol. The van der Waals surface area contributed by atoms with Gasteiger partial charge in [-0.25, -0.2) is 0 Å². The molecule has 1 N–H and O–H groups in total. The van der Waals surface area contributed by atoms with E-state index in [-0.39, 0.29) is 5.17 Å². The fourth-order valence-electron chi connectivity index (χ4n) is 2.43. The van der Waals surface area contributed by atoms with Crippen LogP contribution in [-0.2, 0) is 11.3 Å². The van der Waals surface area contributed by atoms with Gasteiger partial charge in [-0.3, -0.25) is 5.21 Å². The van der Waals surface area contributed by atoms with E-state index in [1.807, 2.05) is 51.1 Å². The minimum atomic E-state index is -0.00735. The molecule has 23 heavy (non-hydrogen) atoms. The molecule has 0 amide bonds. The predicted molar refractivity (Wildman–Crippen MR) is 95.3 cm³/mol. The predicted octanol–water partition coefficient (Wildman–Crippen LogP) is 4.32. The largest absolute Gasteiger partial charge is 0.489 e. The van der Waals surface area contributed by atoms with Gasteiger partial charge in [-0.15, -0.1) is 0 Å². The molecule has 0 saturated carbocycles. The van der Waals surface area contributed by atoms with Gasteiger partial charge in [-0.05, 0) is 50.2 Å². The number of ether oxygens (including phenoxy) is 2. The number of benzene rings is 2. The summed E-state index contributed by atoms with van der Waals surface area (Å²) in [5.74, 6) is 0.821. The van der Waals surface area contributed by atoms with Crippen molar-refractivity contribution in [1.82, 2.24) is 0 Å². The first kappa shape index (κ1) is 17.2. The highest BCUT2D eigenvalue weighted by Crippen LogP contribution is 2.27. The molecule has 0 atom stereocenters. The number of methoxy groups -OCH3 is 1. The maximum absolute atomic E-state index is 10.3. The lowest BCUT2D eigenvalue weighted by atomic mass is 10.1. The lowest BCUT2D eigenvalue weighted by molar-refractivity contribution is 0.263. The van der Waals surface area contributed by atoms with Gasteiger partial charge >= 0.3 is 0 Å². The van der Waals surface area contributed by atoms with Gasteiger partial charge in [0.15, 0.2) is 0 Å². The number of hydrogen-bond donors (Lipinski definition) is 1. The Kier molecular flexibility index (Phi) is 5.58. The van der Waals surface area contributed by atoms with Gasteiger partial charge < -0.3 is 9.47 Å². The van der Waals surface area contributed by atoms with Crippen LogP contribution < -0.4 is 9.80 Å². The first-order valence-electron chi connectivity index (χ1n) is 7.29. The van der Waals surface area contributed by atoms with Crippen LogP contribution in [0.1, 0.15) is 22.3 Å². The molecule has 5 heteroatoms. The van der Waals surface area contributed by atoms with Crippen LogP contribution in [0.2, 0.25) is 0 Å². The molecule has 122 valence electrons. The number of hydroxylamine groups is 1. The number of thiocarbonyl (C=S) groups is 1. The third kappa shape index (κ3) is 4.00. The summed E-state index contributed by atoms with van der Waals surface area (Å²) in [7, 11) is 1.43. The molecule has 2 aromatic rings. The number of rotatable bonds is 4. The van der Waals surface area contributed by atoms with Crippen molar-refractivity contribution >= 4 is 23.1 Å². The number of para-hydroxylation sites is 1. The second-order valence-electron chi connectivity index (χ2n) is 5.42. The Morgan fingerprint density at radius 2 is 1.87 bits per heavy atom. The number of anilines is 1. The van der Waals surface area contributed by atoms with Gasteiger partial charge in [0.2, 0.25) is 0 Å². The molecule has 0 aromatic heterocycles. The van der Waals surface area contributed by atoms with Crippen molar-refractivity contribution in [3.05, 3.63) is 58.7 Å². The van der Waals surface area contributed by atoms with E-state index >= 15 is 0 Å². The van der Waals surface area contributed by atoms with Crippen molar-refractivity contribution < 1.29 is 14.7 Å². The SMILES string of the molecule is COC(=S)N(O)c1c(C)cccc1COc1ccc(C)cc1C.